The van der Waals surface area contributed by atoms with Gasteiger partial charge in [-0.05, 0) is 62.7 Å². The number of phenolic OH excluding ortho intramolecular Hbond substituents is 1. The lowest BCUT2D eigenvalue weighted by atomic mass is 9.94. The first-order valence-corrected chi connectivity index (χ1v) is 11.2. The lowest BCUT2D eigenvalue weighted by molar-refractivity contribution is -0.113. The molecular weight excluding hydrogens is 428 g/mol. The number of imidazole rings is 1. The summed E-state index contributed by atoms with van der Waals surface area (Å²) in [5.74, 6) is 0.872. The van der Waals surface area contributed by atoms with Crippen LogP contribution in [0.25, 0.3) is 11.0 Å². The van der Waals surface area contributed by atoms with Gasteiger partial charge in [-0.1, -0.05) is 35.9 Å². The third-order valence-electron chi connectivity index (χ3n) is 5.98. The number of carbonyl (C=O) groups is 1. The van der Waals surface area contributed by atoms with Gasteiger partial charge in [0.1, 0.15) is 0 Å². The molecule has 1 amide bonds. The van der Waals surface area contributed by atoms with Gasteiger partial charge >= 0.3 is 0 Å². The normalized spacial score (nSPS) is 15.1. The van der Waals surface area contributed by atoms with E-state index in [-0.39, 0.29) is 11.7 Å². The Morgan fingerprint density at radius 2 is 1.88 bits per heavy atom. The van der Waals surface area contributed by atoms with Crippen LogP contribution in [-0.4, -0.2) is 27.2 Å². The third-order valence-corrected chi connectivity index (χ3v) is 5.98. The van der Waals surface area contributed by atoms with Gasteiger partial charge in [-0.2, -0.15) is 0 Å². The number of ether oxygens (including phenoxy) is 1. The van der Waals surface area contributed by atoms with Crippen LogP contribution in [0.1, 0.15) is 31.0 Å². The van der Waals surface area contributed by atoms with Crippen LogP contribution >= 0.6 is 0 Å². The number of aryl methyl sites for hydroxylation is 1. The van der Waals surface area contributed by atoms with Gasteiger partial charge in [-0.3, -0.25) is 9.36 Å². The van der Waals surface area contributed by atoms with E-state index in [1.54, 1.807) is 12.1 Å². The Bertz CT molecular complexity index is 1420. The van der Waals surface area contributed by atoms with E-state index in [9.17, 15) is 9.90 Å². The summed E-state index contributed by atoms with van der Waals surface area (Å²) in [6.07, 6.45) is 0. The lowest BCUT2D eigenvalue weighted by Crippen LogP contribution is -2.31. The first-order valence-electron chi connectivity index (χ1n) is 11.2. The molecule has 0 saturated heterocycles. The van der Waals surface area contributed by atoms with Crippen LogP contribution in [0, 0.1) is 6.92 Å². The van der Waals surface area contributed by atoms with Gasteiger partial charge in [0.05, 0.1) is 29.3 Å². The van der Waals surface area contributed by atoms with Crippen LogP contribution in [0.4, 0.5) is 11.6 Å². The number of anilines is 2. The maximum atomic E-state index is 13.7. The fourth-order valence-corrected chi connectivity index (χ4v) is 4.38. The van der Waals surface area contributed by atoms with E-state index < -0.39 is 6.04 Å². The molecule has 0 unspecified atom stereocenters. The molecule has 7 nitrogen and oxygen atoms in total. The predicted octanol–water partition coefficient (Wildman–Crippen LogP) is 5.38. The zero-order valence-electron chi connectivity index (χ0n) is 19.3. The van der Waals surface area contributed by atoms with Crippen molar-refractivity contribution < 1.29 is 14.6 Å². The number of amides is 1. The van der Waals surface area contributed by atoms with Crippen LogP contribution < -0.4 is 15.4 Å². The molecule has 1 atom stereocenters. The molecule has 0 bridgehead atoms. The minimum Gasteiger partial charge on any atom is -0.504 e. The van der Waals surface area contributed by atoms with E-state index in [4.69, 9.17) is 9.72 Å². The van der Waals surface area contributed by atoms with Gasteiger partial charge in [-0.15, -0.1) is 0 Å². The van der Waals surface area contributed by atoms with E-state index in [1.807, 2.05) is 79.9 Å². The van der Waals surface area contributed by atoms with Crippen molar-refractivity contribution in [1.82, 2.24) is 9.55 Å². The summed E-state index contributed by atoms with van der Waals surface area (Å²) in [7, 11) is 0. The summed E-state index contributed by atoms with van der Waals surface area (Å²) in [6.45, 7) is 6.16. The van der Waals surface area contributed by atoms with E-state index in [2.05, 4.69) is 10.6 Å². The molecule has 172 valence electrons. The first kappa shape index (κ1) is 21.6. The molecule has 4 aromatic rings. The molecule has 0 spiro atoms. The highest BCUT2D eigenvalue weighted by molar-refractivity contribution is 6.06. The number of rotatable bonds is 5. The van der Waals surface area contributed by atoms with Crippen LogP contribution in [0.5, 0.6) is 11.5 Å². The number of nitrogens with zero attached hydrogens (tertiary/aromatic N) is 2. The number of fused-ring (bicyclic) bond motifs is 3. The van der Waals surface area contributed by atoms with Gasteiger partial charge < -0.3 is 20.5 Å². The molecule has 3 aromatic carbocycles. The van der Waals surface area contributed by atoms with Gasteiger partial charge in [0.15, 0.2) is 11.5 Å². The highest BCUT2D eigenvalue weighted by atomic mass is 16.5. The van der Waals surface area contributed by atoms with Gasteiger partial charge in [0.25, 0.3) is 5.91 Å². The van der Waals surface area contributed by atoms with Gasteiger partial charge in [0.2, 0.25) is 5.95 Å². The lowest BCUT2D eigenvalue weighted by Gasteiger charge is -2.31. The molecule has 3 N–H and O–H groups in total. The standard InChI is InChI=1S/C27H26N4O3/c1-4-34-23-15-18(11-14-22(23)32)25-24(26(33)29-19-12-9-16(2)10-13-19)17(3)28-27-30-20-7-5-6-8-21(20)31(25)27/h5-15,25,32H,4H2,1-3H3,(H,28,30)(H,29,33)/t25-/m0/s1. The molecule has 2 heterocycles. The fourth-order valence-electron chi connectivity index (χ4n) is 4.38. The summed E-state index contributed by atoms with van der Waals surface area (Å²) in [5.41, 5.74) is 5.64. The Morgan fingerprint density at radius 3 is 2.65 bits per heavy atom. The number of para-hydroxylation sites is 2. The fraction of sp³-hybridized carbons (Fsp3) is 0.185. The number of benzene rings is 3. The Balaban J connectivity index is 1.67. The smallest absolute Gasteiger partial charge is 0.255 e. The first-order chi connectivity index (χ1) is 16.5. The summed E-state index contributed by atoms with van der Waals surface area (Å²) in [6, 6.07) is 20.3. The predicted molar refractivity (Wildman–Crippen MR) is 133 cm³/mol. The second kappa shape index (κ2) is 8.59. The molecular formula is C27H26N4O3. The molecule has 34 heavy (non-hydrogen) atoms. The molecule has 1 aliphatic heterocycles. The molecule has 1 aromatic heterocycles. The third kappa shape index (κ3) is 3.75. The van der Waals surface area contributed by atoms with Gasteiger partial charge in [-0.25, -0.2) is 4.98 Å². The molecule has 7 heteroatoms. The van der Waals surface area contributed by atoms with Crippen LogP contribution in [0.2, 0.25) is 0 Å². The zero-order chi connectivity index (χ0) is 23.8. The number of hydrogen-bond donors (Lipinski definition) is 3. The number of nitrogens with one attached hydrogen (secondary N) is 2. The van der Waals surface area contributed by atoms with Crippen molar-refractivity contribution in [2.24, 2.45) is 0 Å². The zero-order valence-corrected chi connectivity index (χ0v) is 19.3. The van der Waals surface area contributed by atoms with Gasteiger partial charge in [0, 0.05) is 11.4 Å². The highest BCUT2D eigenvalue weighted by Crippen LogP contribution is 2.41. The van der Waals surface area contributed by atoms with Crippen molar-refractivity contribution in [3.8, 4) is 11.5 Å². The Morgan fingerprint density at radius 1 is 1.12 bits per heavy atom. The Labute approximate surface area is 197 Å². The number of aromatic nitrogens is 2. The largest absolute Gasteiger partial charge is 0.504 e. The summed E-state index contributed by atoms with van der Waals surface area (Å²) in [5, 5.41) is 16.6. The molecule has 0 radical (unpaired) electrons. The van der Waals surface area contributed by atoms with E-state index in [1.165, 1.54) is 0 Å². The topological polar surface area (TPSA) is 88.4 Å². The van der Waals surface area contributed by atoms with Crippen molar-refractivity contribution >= 4 is 28.6 Å². The van der Waals surface area contributed by atoms with E-state index in [0.29, 0.717) is 29.6 Å². The SMILES string of the molecule is CCOc1cc([C@H]2C(C(=O)Nc3ccc(C)cc3)=C(C)Nc3nc4ccccc4n32)ccc1O. The molecule has 1 aliphatic rings. The molecule has 0 aliphatic carbocycles. The van der Waals surface area contributed by atoms with Crippen molar-refractivity contribution in [1.29, 1.82) is 0 Å². The average Bonchev–Trinajstić information content (AvgIpc) is 3.19. The number of hydrogen-bond acceptors (Lipinski definition) is 5. The van der Waals surface area contributed by atoms with Crippen LogP contribution in [0.3, 0.4) is 0 Å². The maximum absolute atomic E-state index is 13.7. The summed E-state index contributed by atoms with van der Waals surface area (Å²) >= 11 is 0. The van der Waals surface area contributed by atoms with Crippen molar-refractivity contribution in [3.05, 3.63) is 89.1 Å². The van der Waals surface area contributed by atoms with Crippen molar-refractivity contribution in [2.75, 3.05) is 17.2 Å². The summed E-state index contributed by atoms with van der Waals surface area (Å²) < 4.78 is 7.67. The number of aromatic hydroxyl groups is 1. The number of carbonyl (C=O) groups excluding carboxylic acids is 1. The Hall–Kier alpha value is -4.26. The molecule has 0 fully saturated rings. The second-order valence-electron chi connectivity index (χ2n) is 8.34. The molecule has 0 saturated carbocycles. The van der Waals surface area contributed by atoms with Crippen molar-refractivity contribution in [2.45, 2.75) is 26.8 Å². The monoisotopic (exact) mass is 454 g/mol. The highest BCUT2D eigenvalue weighted by Gasteiger charge is 2.34. The second-order valence-corrected chi connectivity index (χ2v) is 8.34. The Kier molecular flexibility index (Phi) is 5.45. The average molecular weight is 455 g/mol. The molecule has 5 rings (SSSR count). The van der Waals surface area contributed by atoms with E-state index in [0.717, 1.165) is 27.8 Å². The minimum absolute atomic E-state index is 0.0570. The van der Waals surface area contributed by atoms with Crippen LogP contribution in [0.15, 0.2) is 78.0 Å². The maximum Gasteiger partial charge on any atom is 0.255 e. The summed E-state index contributed by atoms with van der Waals surface area (Å²) in [4.78, 5) is 18.4. The minimum atomic E-state index is -0.478. The number of phenols is 1. The quantitative estimate of drug-likeness (QED) is 0.377. The number of allylic oxidation sites excluding steroid dienone is 1. The van der Waals surface area contributed by atoms with Crippen LogP contribution in [-0.2, 0) is 4.79 Å². The van der Waals surface area contributed by atoms with E-state index >= 15 is 0 Å². The van der Waals surface area contributed by atoms with Crippen molar-refractivity contribution in [3.63, 3.8) is 0 Å².